The average Bonchev–Trinajstić information content (AvgIpc) is 3.47. The average molecular weight is 576 g/mol. The lowest BCUT2D eigenvalue weighted by molar-refractivity contribution is -0.142. The van der Waals surface area contributed by atoms with Gasteiger partial charge in [-0.25, -0.2) is 4.79 Å². The Kier molecular flexibility index (Phi) is 7.47. The highest BCUT2D eigenvalue weighted by molar-refractivity contribution is 5.88. The minimum absolute atomic E-state index is 0.0134. The predicted molar refractivity (Wildman–Crippen MR) is 141 cm³/mol. The predicted octanol–water partition coefficient (Wildman–Crippen LogP) is 3.85. The van der Waals surface area contributed by atoms with Gasteiger partial charge in [-0.1, -0.05) is 12.1 Å². The van der Waals surface area contributed by atoms with Crippen molar-refractivity contribution in [2.75, 3.05) is 13.1 Å². The van der Waals surface area contributed by atoms with Gasteiger partial charge in [0.25, 0.3) is 0 Å². The van der Waals surface area contributed by atoms with Crippen molar-refractivity contribution in [2.45, 2.75) is 101 Å². The molecule has 4 aliphatic rings. The minimum Gasteiger partial charge on any atom is -0.444 e. The highest BCUT2D eigenvalue weighted by atomic mass is 19.4. The number of alkyl carbamates (subject to hydrolysis) is 1. The Morgan fingerprint density at radius 2 is 1.83 bits per heavy atom. The van der Waals surface area contributed by atoms with Crippen LogP contribution >= 0.6 is 0 Å². The van der Waals surface area contributed by atoms with Gasteiger partial charge < -0.3 is 19.9 Å². The zero-order chi connectivity index (χ0) is 29.9. The molecule has 1 aromatic carbocycles. The summed E-state index contributed by atoms with van der Waals surface area (Å²) in [5.74, 6) is -0.137. The molecule has 2 bridgehead atoms. The van der Waals surface area contributed by atoms with Gasteiger partial charge in [0.05, 0.1) is 23.7 Å². The molecule has 0 spiro atoms. The number of likely N-dealkylation sites (tertiary alicyclic amines) is 3. The molecule has 12 heteroatoms. The number of ether oxygens (including phenoxy) is 1. The lowest BCUT2D eigenvalue weighted by Crippen LogP contribution is -2.60. The van der Waals surface area contributed by atoms with E-state index in [0.717, 1.165) is 25.0 Å². The zero-order valence-corrected chi connectivity index (χ0v) is 23.6. The summed E-state index contributed by atoms with van der Waals surface area (Å²) in [7, 11) is 0. The molecule has 4 fully saturated rings. The first kappa shape index (κ1) is 29.2. The number of carbonyl (C=O) groups is 3. The van der Waals surface area contributed by atoms with E-state index >= 15 is 0 Å². The Hall–Kier alpha value is -3.33. The van der Waals surface area contributed by atoms with Crippen molar-refractivity contribution in [3.05, 3.63) is 35.4 Å². The second-order valence-corrected chi connectivity index (χ2v) is 12.6. The molecule has 3 saturated heterocycles. The van der Waals surface area contributed by atoms with Crippen LogP contribution in [0.4, 0.5) is 18.0 Å². The van der Waals surface area contributed by atoms with Gasteiger partial charge >= 0.3 is 12.3 Å². The molecule has 1 aliphatic carbocycles. The van der Waals surface area contributed by atoms with Crippen molar-refractivity contribution in [1.29, 1.82) is 5.26 Å². The first-order valence-electron chi connectivity index (χ1n) is 14.1. The normalized spacial score (nSPS) is 29.0. The van der Waals surface area contributed by atoms with Gasteiger partial charge in [0, 0.05) is 25.2 Å². The van der Waals surface area contributed by atoms with E-state index in [9.17, 15) is 32.8 Å². The number of hydrogen-bond acceptors (Lipinski definition) is 6. The molecular weight excluding hydrogens is 539 g/mol. The fraction of sp³-hybridized carbons (Fsp3) is 0.655. The Morgan fingerprint density at radius 1 is 1.15 bits per heavy atom. The number of nitrogens with zero attached hydrogens (tertiary/aromatic N) is 4. The van der Waals surface area contributed by atoms with Gasteiger partial charge in [0.2, 0.25) is 11.8 Å². The number of carbonyl (C=O) groups excluding carboxylic acids is 3. The SMILES string of the molecule is CC(c1ccc(C(F)(F)F)cc1)N1C(=O)C2CC1CN2C[C@H](NC(=O)OC(C)(C)C)C(=O)N1C(C#N)CC[C@@H]2CC21. The molecule has 222 valence electrons. The van der Waals surface area contributed by atoms with Crippen LogP contribution in [0.2, 0.25) is 0 Å². The molecule has 7 atom stereocenters. The number of fused-ring (bicyclic) bond motifs is 3. The zero-order valence-electron chi connectivity index (χ0n) is 23.6. The molecule has 1 saturated carbocycles. The fourth-order valence-electron chi connectivity index (χ4n) is 6.63. The van der Waals surface area contributed by atoms with Crippen molar-refractivity contribution in [3.63, 3.8) is 0 Å². The fourth-order valence-corrected chi connectivity index (χ4v) is 6.63. The minimum atomic E-state index is -4.44. The number of halogens is 3. The first-order valence-corrected chi connectivity index (χ1v) is 14.1. The van der Waals surface area contributed by atoms with E-state index < -0.39 is 47.6 Å². The summed E-state index contributed by atoms with van der Waals surface area (Å²) in [6.07, 6.45) is -2.34. The number of piperazine rings is 1. The van der Waals surface area contributed by atoms with E-state index in [-0.39, 0.29) is 30.4 Å². The molecule has 0 aromatic heterocycles. The van der Waals surface area contributed by atoms with Crippen LogP contribution in [0.5, 0.6) is 0 Å². The Morgan fingerprint density at radius 3 is 2.41 bits per heavy atom. The summed E-state index contributed by atoms with van der Waals surface area (Å²) < 4.78 is 44.4. The third kappa shape index (κ3) is 5.87. The van der Waals surface area contributed by atoms with Crippen LogP contribution in [0, 0.1) is 17.2 Å². The number of nitriles is 1. The summed E-state index contributed by atoms with van der Waals surface area (Å²) in [5, 5.41) is 12.4. The second kappa shape index (κ2) is 10.5. The lowest BCUT2D eigenvalue weighted by atomic mass is 10.0. The molecule has 1 aromatic rings. The van der Waals surface area contributed by atoms with E-state index in [4.69, 9.17) is 4.74 Å². The smallest absolute Gasteiger partial charge is 0.416 e. The van der Waals surface area contributed by atoms with E-state index in [2.05, 4.69) is 11.4 Å². The van der Waals surface area contributed by atoms with Gasteiger partial charge in [-0.3, -0.25) is 14.5 Å². The maximum Gasteiger partial charge on any atom is 0.416 e. The molecule has 3 heterocycles. The van der Waals surface area contributed by atoms with Gasteiger partial charge in [-0.05, 0) is 77.0 Å². The number of benzene rings is 1. The van der Waals surface area contributed by atoms with Crippen LogP contribution in [-0.4, -0.2) is 81.5 Å². The summed E-state index contributed by atoms with van der Waals surface area (Å²) in [4.78, 5) is 45.3. The maximum absolute atomic E-state index is 13.8. The van der Waals surface area contributed by atoms with Crippen LogP contribution in [-0.2, 0) is 20.5 Å². The van der Waals surface area contributed by atoms with E-state index in [1.807, 2.05) is 4.90 Å². The van der Waals surface area contributed by atoms with Crippen molar-refractivity contribution >= 4 is 17.9 Å². The summed E-state index contributed by atoms with van der Waals surface area (Å²) in [6, 6.07) is 4.38. The second-order valence-electron chi connectivity index (χ2n) is 12.6. The Labute approximate surface area is 237 Å². The quantitative estimate of drug-likeness (QED) is 0.553. The van der Waals surface area contributed by atoms with Crippen LogP contribution < -0.4 is 5.32 Å². The number of piperidine rings is 1. The summed E-state index contributed by atoms with van der Waals surface area (Å²) in [6.45, 7) is 7.50. The molecule has 0 radical (unpaired) electrons. The van der Waals surface area contributed by atoms with Crippen LogP contribution in [0.15, 0.2) is 24.3 Å². The highest BCUT2D eigenvalue weighted by Gasteiger charge is 2.54. The van der Waals surface area contributed by atoms with Crippen LogP contribution in [0.25, 0.3) is 0 Å². The van der Waals surface area contributed by atoms with Crippen molar-refractivity contribution in [1.82, 2.24) is 20.0 Å². The van der Waals surface area contributed by atoms with Crippen molar-refractivity contribution < 1.29 is 32.3 Å². The molecule has 1 N–H and O–H groups in total. The molecule has 5 unspecified atom stereocenters. The first-order chi connectivity index (χ1) is 19.2. The van der Waals surface area contributed by atoms with E-state index in [1.165, 1.54) is 12.1 Å². The lowest BCUT2D eigenvalue weighted by Gasteiger charge is -2.40. The largest absolute Gasteiger partial charge is 0.444 e. The topological polar surface area (TPSA) is 106 Å². The molecular formula is C29H36F3N5O4. The maximum atomic E-state index is 13.8. The third-order valence-electron chi connectivity index (χ3n) is 8.65. The van der Waals surface area contributed by atoms with Gasteiger partial charge in [-0.15, -0.1) is 0 Å². The Balaban J connectivity index is 1.30. The molecule has 5 rings (SSSR count). The molecule has 3 aliphatic heterocycles. The number of hydrogen-bond donors (Lipinski definition) is 1. The van der Waals surface area contributed by atoms with Gasteiger partial charge in [0.1, 0.15) is 17.7 Å². The van der Waals surface area contributed by atoms with Gasteiger partial charge in [-0.2, -0.15) is 18.4 Å². The van der Waals surface area contributed by atoms with E-state index in [0.29, 0.717) is 30.9 Å². The van der Waals surface area contributed by atoms with Crippen molar-refractivity contribution in [3.8, 4) is 6.07 Å². The molecule has 41 heavy (non-hydrogen) atoms. The standard InChI is InChI=1S/C29H36F3N5O4/c1-16(17-5-8-19(9-6-17)29(30,31)32)36-21-12-24(26(36)39)35(14-21)15-22(34-27(40)41-28(2,3)4)25(38)37-20(13-33)10-7-18-11-23(18)37/h5-6,8-9,16,18,20-24H,7,10-12,14-15H2,1-4H3,(H,34,40)/t16?,18-,20?,21?,22+,23?,24?/m1/s1. The van der Waals surface area contributed by atoms with Crippen LogP contribution in [0.3, 0.4) is 0 Å². The Bertz CT molecular complexity index is 1240. The third-order valence-corrected chi connectivity index (χ3v) is 8.65. The number of rotatable bonds is 6. The summed E-state index contributed by atoms with van der Waals surface area (Å²) in [5.41, 5.74) is -0.916. The van der Waals surface area contributed by atoms with Crippen molar-refractivity contribution in [2.24, 2.45) is 5.92 Å². The number of amides is 3. The number of alkyl halides is 3. The van der Waals surface area contributed by atoms with Gasteiger partial charge in [0.15, 0.2) is 0 Å². The monoisotopic (exact) mass is 575 g/mol. The van der Waals surface area contributed by atoms with E-state index in [1.54, 1.807) is 37.5 Å². The number of nitrogens with one attached hydrogen (secondary N) is 1. The molecule has 3 amide bonds. The summed E-state index contributed by atoms with van der Waals surface area (Å²) >= 11 is 0. The van der Waals surface area contributed by atoms with Crippen LogP contribution in [0.1, 0.15) is 70.5 Å². The highest BCUT2D eigenvalue weighted by Crippen LogP contribution is 2.46. The molecule has 9 nitrogen and oxygen atoms in total.